The second kappa shape index (κ2) is 10.2. The largest absolute Gasteiger partial charge is 0.493 e. The standard InChI is InChI=1S/C19H22ClNO3S/c1-3-24-18-16(20)11-15(12-17(18)23-2)19(22)21-9-10-25-13-14-7-5-4-6-8-14/h4-8,11-12H,3,9-10,13H2,1-2H3,(H,21,22). The second-order valence-electron chi connectivity index (χ2n) is 5.22. The molecule has 0 unspecified atom stereocenters. The smallest absolute Gasteiger partial charge is 0.251 e. The van der Waals surface area contributed by atoms with Crippen molar-refractivity contribution in [2.75, 3.05) is 26.0 Å². The summed E-state index contributed by atoms with van der Waals surface area (Å²) >= 11 is 7.98. The SMILES string of the molecule is CCOc1c(Cl)cc(C(=O)NCCSCc2ccccc2)cc1OC. The lowest BCUT2D eigenvalue weighted by Gasteiger charge is -2.13. The fourth-order valence-corrected chi connectivity index (χ4v) is 3.32. The van der Waals surface area contributed by atoms with Gasteiger partial charge in [-0.1, -0.05) is 41.9 Å². The molecule has 0 fully saturated rings. The van der Waals surface area contributed by atoms with Gasteiger partial charge in [0.1, 0.15) is 0 Å². The van der Waals surface area contributed by atoms with Gasteiger partial charge in [-0.05, 0) is 24.6 Å². The van der Waals surface area contributed by atoms with Gasteiger partial charge in [-0.25, -0.2) is 0 Å². The number of amides is 1. The molecule has 0 aliphatic heterocycles. The molecule has 0 saturated heterocycles. The quantitative estimate of drug-likeness (QED) is 0.655. The van der Waals surface area contributed by atoms with Gasteiger partial charge in [0.2, 0.25) is 0 Å². The molecule has 134 valence electrons. The number of benzene rings is 2. The molecule has 0 heterocycles. The van der Waals surface area contributed by atoms with Crippen molar-refractivity contribution in [3.8, 4) is 11.5 Å². The lowest BCUT2D eigenvalue weighted by atomic mass is 10.2. The molecule has 0 atom stereocenters. The Hall–Kier alpha value is -1.85. The zero-order valence-corrected chi connectivity index (χ0v) is 16.0. The summed E-state index contributed by atoms with van der Waals surface area (Å²) in [6, 6.07) is 13.5. The maximum Gasteiger partial charge on any atom is 0.251 e. The molecule has 0 aliphatic carbocycles. The highest BCUT2D eigenvalue weighted by molar-refractivity contribution is 7.98. The minimum absolute atomic E-state index is 0.177. The molecule has 2 aromatic carbocycles. The molecule has 4 nitrogen and oxygen atoms in total. The van der Waals surface area contributed by atoms with E-state index in [1.807, 2.05) is 25.1 Å². The number of nitrogens with one attached hydrogen (secondary N) is 1. The minimum Gasteiger partial charge on any atom is -0.493 e. The van der Waals surface area contributed by atoms with Gasteiger partial charge in [-0.15, -0.1) is 0 Å². The van der Waals surface area contributed by atoms with Gasteiger partial charge in [-0.2, -0.15) is 11.8 Å². The van der Waals surface area contributed by atoms with Gasteiger partial charge in [0.25, 0.3) is 5.91 Å². The van der Waals surface area contributed by atoms with E-state index < -0.39 is 0 Å². The summed E-state index contributed by atoms with van der Waals surface area (Å²) < 4.78 is 10.7. The average molecular weight is 380 g/mol. The molecule has 0 aromatic heterocycles. The Labute approximate surface area is 157 Å². The van der Waals surface area contributed by atoms with Crippen molar-refractivity contribution in [2.24, 2.45) is 0 Å². The first-order chi connectivity index (χ1) is 12.2. The molecule has 0 spiro atoms. The Kier molecular flexibility index (Phi) is 7.95. The maximum atomic E-state index is 12.3. The first-order valence-electron chi connectivity index (χ1n) is 8.06. The number of hydrogen-bond acceptors (Lipinski definition) is 4. The number of ether oxygens (including phenoxy) is 2. The summed E-state index contributed by atoms with van der Waals surface area (Å²) in [5.41, 5.74) is 1.74. The van der Waals surface area contributed by atoms with Crippen LogP contribution in [0, 0.1) is 0 Å². The average Bonchev–Trinajstić information content (AvgIpc) is 2.63. The van der Waals surface area contributed by atoms with E-state index in [1.54, 1.807) is 23.9 Å². The first kappa shape index (κ1) is 19.5. The van der Waals surface area contributed by atoms with Crippen LogP contribution in [0.2, 0.25) is 5.02 Å². The van der Waals surface area contributed by atoms with E-state index in [4.69, 9.17) is 21.1 Å². The molecule has 2 aromatic rings. The van der Waals surface area contributed by atoms with Crippen LogP contribution in [0.25, 0.3) is 0 Å². The Balaban J connectivity index is 1.85. The molecular weight excluding hydrogens is 358 g/mol. The zero-order chi connectivity index (χ0) is 18.1. The van der Waals surface area contributed by atoms with Crippen LogP contribution in [0.5, 0.6) is 11.5 Å². The number of carbonyl (C=O) groups is 1. The van der Waals surface area contributed by atoms with Crippen LogP contribution >= 0.6 is 23.4 Å². The van der Waals surface area contributed by atoms with E-state index in [-0.39, 0.29) is 5.91 Å². The second-order valence-corrected chi connectivity index (χ2v) is 6.73. The van der Waals surface area contributed by atoms with Crippen LogP contribution in [-0.2, 0) is 5.75 Å². The zero-order valence-electron chi connectivity index (χ0n) is 14.4. The van der Waals surface area contributed by atoms with E-state index in [1.165, 1.54) is 12.7 Å². The summed E-state index contributed by atoms with van der Waals surface area (Å²) in [7, 11) is 1.52. The monoisotopic (exact) mass is 379 g/mol. The highest BCUT2D eigenvalue weighted by Gasteiger charge is 2.15. The van der Waals surface area contributed by atoms with E-state index in [0.29, 0.717) is 35.2 Å². The summed E-state index contributed by atoms with van der Waals surface area (Å²) in [5.74, 6) is 2.50. The van der Waals surface area contributed by atoms with Gasteiger partial charge in [0.15, 0.2) is 11.5 Å². The molecule has 0 saturated carbocycles. The molecule has 25 heavy (non-hydrogen) atoms. The lowest BCUT2D eigenvalue weighted by molar-refractivity contribution is 0.0955. The van der Waals surface area contributed by atoms with Gasteiger partial charge in [-0.3, -0.25) is 4.79 Å². The summed E-state index contributed by atoms with van der Waals surface area (Å²) in [6.45, 7) is 2.92. The van der Waals surface area contributed by atoms with E-state index in [0.717, 1.165) is 11.5 Å². The Bertz CT molecular complexity index is 695. The van der Waals surface area contributed by atoms with Crippen LogP contribution in [-0.4, -0.2) is 31.9 Å². The number of carbonyl (C=O) groups excluding carboxylic acids is 1. The number of rotatable bonds is 9. The van der Waals surface area contributed by atoms with Gasteiger partial charge >= 0.3 is 0 Å². The van der Waals surface area contributed by atoms with Crippen molar-refractivity contribution in [2.45, 2.75) is 12.7 Å². The molecule has 2 rings (SSSR count). The van der Waals surface area contributed by atoms with Crippen molar-refractivity contribution in [3.05, 3.63) is 58.6 Å². The van der Waals surface area contributed by atoms with Crippen LogP contribution in [0.1, 0.15) is 22.8 Å². The Morgan fingerprint density at radius 1 is 1.24 bits per heavy atom. The van der Waals surface area contributed by atoms with Crippen molar-refractivity contribution < 1.29 is 14.3 Å². The predicted molar refractivity (Wildman–Crippen MR) is 104 cm³/mol. The van der Waals surface area contributed by atoms with Gasteiger partial charge in [0.05, 0.1) is 18.7 Å². The molecule has 0 bridgehead atoms. The van der Waals surface area contributed by atoms with Crippen molar-refractivity contribution in [1.82, 2.24) is 5.32 Å². The third-order valence-electron chi connectivity index (χ3n) is 3.42. The highest BCUT2D eigenvalue weighted by atomic mass is 35.5. The molecule has 0 radical (unpaired) electrons. The van der Waals surface area contributed by atoms with Crippen LogP contribution < -0.4 is 14.8 Å². The number of hydrogen-bond donors (Lipinski definition) is 1. The molecule has 6 heteroatoms. The highest BCUT2D eigenvalue weighted by Crippen LogP contribution is 2.36. The Morgan fingerprint density at radius 3 is 2.68 bits per heavy atom. The van der Waals surface area contributed by atoms with Crippen LogP contribution in [0.15, 0.2) is 42.5 Å². The van der Waals surface area contributed by atoms with Crippen molar-refractivity contribution >= 4 is 29.3 Å². The molecule has 1 N–H and O–H groups in total. The number of halogens is 1. The molecular formula is C19H22ClNO3S. The van der Waals surface area contributed by atoms with Crippen molar-refractivity contribution in [3.63, 3.8) is 0 Å². The topological polar surface area (TPSA) is 47.6 Å². The Morgan fingerprint density at radius 2 is 2.00 bits per heavy atom. The van der Waals surface area contributed by atoms with Gasteiger partial charge in [0, 0.05) is 23.6 Å². The normalized spacial score (nSPS) is 10.4. The predicted octanol–water partition coefficient (Wildman–Crippen LogP) is 4.41. The summed E-state index contributed by atoms with van der Waals surface area (Å²) in [4.78, 5) is 12.3. The third-order valence-corrected chi connectivity index (χ3v) is 4.73. The van der Waals surface area contributed by atoms with Crippen LogP contribution in [0.4, 0.5) is 0 Å². The minimum atomic E-state index is -0.177. The fourth-order valence-electron chi connectivity index (χ4n) is 2.24. The first-order valence-corrected chi connectivity index (χ1v) is 9.59. The van der Waals surface area contributed by atoms with E-state index >= 15 is 0 Å². The number of thioether (sulfide) groups is 1. The van der Waals surface area contributed by atoms with Crippen LogP contribution in [0.3, 0.4) is 0 Å². The van der Waals surface area contributed by atoms with Crippen molar-refractivity contribution in [1.29, 1.82) is 0 Å². The number of methoxy groups -OCH3 is 1. The summed E-state index contributed by atoms with van der Waals surface area (Å²) in [6.07, 6.45) is 0. The van der Waals surface area contributed by atoms with E-state index in [2.05, 4.69) is 17.4 Å². The summed E-state index contributed by atoms with van der Waals surface area (Å²) in [5, 5.41) is 3.27. The molecule has 1 amide bonds. The van der Waals surface area contributed by atoms with E-state index in [9.17, 15) is 4.79 Å². The molecule has 0 aliphatic rings. The van der Waals surface area contributed by atoms with Gasteiger partial charge < -0.3 is 14.8 Å². The third kappa shape index (κ3) is 5.87. The maximum absolute atomic E-state index is 12.3. The fraction of sp³-hybridized carbons (Fsp3) is 0.316. The lowest BCUT2D eigenvalue weighted by Crippen LogP contribution is -2.25.